The molecule has 0 atom stereocenters. The number of hydrogen-bond donors (Lipinski definition) is 0. The topological polar surface area (TPSA) is 54.5 Å². The minimum Gasteiger partial charge on any atom is -0.243 e. The molecule has 0 saturated carbocycles. The standard InChI is InChI=1S/C15H18N4/c1-4-5-8-19-15(14(10-16)17-18-19)13-7-6-11(2)12(3)9-13/h6-7,9H,4-5,8H2,1-3H3. The molecular formula is C15H18N4. The van der Waals surface area contributed by atoms with Crippen LogP contribution in [0.4, 0.5) is 0 Å². The Morgan fingerprint density at radius 3 is 2.68 bits per heavy atom. The van der Waals surface area contributed by atoms with Crippen LogP contribution in [0, 0.1) is 25.2 Å². The van der Waals surface area contributed by atoms with Crippen LogP contribution >= 0.6 is 0 Å². The molecule has 0 saturated heterocycles. The molecule has 0 spiro atoms. The van der Waals surface area contributed by atoms with Gasteiger partial charge in [0.05, 0.1) is 0 Å². The molecule has 0 bridgehead atoms. The maximum Gasteiger partial charge on any atom is 0.190 e. The van der Waals surface area contributed by atoms with Crippen molar-refractivity contribution in [2.75, 3.05) is 0 Å². The lowest BCUT2D eigenvalue weighted by molar-refractivity contribution is 0.557. The molecule has 98 valence electrons. The van der Waals surface area contributed by atoms with E-state index in [0.717, 1.165) is 30.6 Å². The monoisotopic (exact) mass is 254 g/mol. The molecule has 0 aliphatic carbocycles. The van der Waals surface area contributed by atoms with Crippen LogP contribution in [-0.2, 0) is 6.54 Å². The molecule has 19 heavy (non-hydrogen) atoms. The van der Waals surface area contributed by atoms with Crippen LogP contribution in [0.15, 0.2) is 18.2 Å². The first-order chi connectivity index (χ1) is 9.17. The van der Waals surface area contributed by atoms with Gasteiger partial charge in [0.25, 0.3) is 0 Å². The van der Waals surface area contributed by atoms with Gasteiger partial charge in [-0.15, -0.1) is 5.10 Å². The summed E-state index contributed by atoms with van der Waals surface area (Å²) in [6, 6.07) is 8.33. The molecule has 0 fully saturated rings. The summed E-state index contributed by atoms with van der Waals surface area (Å²) in [6.45, 7) is 7.09. The van der Waals surface area contributed by atoms with Gasteiger partial charge in [-0.1, -0.05) is 30.7 Å². The number of rotatable bonds is 4. The van der Waals surface area contributed by atoms with Gasteiger partial charge in [0.1, 0.15) is 11.8 Å². The number of unbranched alkanes of at least 4 members (excludes halogenated alkanes) is 1. The summed E-state index contributed by atoms with van der Waals surface area (Å²) in [5, 5.41) is 17.2. The van der Waals surface area contributed by atoms with E-state index in [9.17, 15) is 5.26 Å². The maximum absolute atomic E-state index is 9.18. The molecule has 1 aromatic heterocycles. The Balaban J connectivity index is 2.49. The molecule has 1 heterocycles. The highest BCUT2D eigenvalue weighted by Crippen LogP contribution is 2.24. The number of aryl methyl sites for hydroxylation is 3. The molecule has 0 N–H and O–H groups in total. The van der Waals surface area contributed by atoms with E-state index in [4.69, 9.17) is 0 Å². The Hall–Kier alpha value is -2.15. The van der Waals surface area contributed by atoms with Gasteiger partial charge >= 0.3 is 0 Å². The second kappa shape index (κ2) is 5.66. The molecule has 2 rings (SSSR count). The number of nitriles is 1. The normalized spacial score (nSPS) is 10.4. The van der Waals surface area contributed by atoms with Crippen molar-refractivity contribution in [3.63, 3.8) is 0 Å². The lowest BCUT2D eigenvalue weighted by Crippen LogP contribution is -2.03. The summed E-state index contributed by atoms with van der Waals surface area (Å²) in [6.07, 6.45) is 2.13. The first-order valence-electron chi connectivity index (χ1n) is 6.58. The van der Waals surface area contributed by atoms with E-state index >= 15 is 0 Å². The third-order valence-electron chi connectivity index (χ3n) is 3.34. The summed E-state index contributed by atoms with van der Waals surface area (Å²) < 4.78 is 1.84. The molecule has 0 radical (unpaired) electrons. The van der Waals surface area contributed by atoms with Gasteiger partial charge in [0.15, 0.2) is 5.69 Å². The average molecular weight is 254 g/mol. The predicted octanol–water partition coefficient (Wildman–Crippen LogP) is 3.23. The summed E-state index contributed by atoms with van der Waals surface area (Å²) in [4.78, 5) is 0. The lowest BCUT2D eigenvalue weighted by Gasteiger charge is -2.08. The Labute approximate surface area is 113 Å². The average Bonchev–Trinajstić information content (AvgIpc) is 2.82. The van der Waals surface area contributed by atoms with Crippen LogP contribution in [0.3, 0.4) is 0 Å². The maximum atomic E-state index is 9.18. The lowest BCUT2D eigenvalue weighted by atomic mass is 10.0. The first-order valence-corrected chi connectivity index (χ1v) is 6.58. The Morgan fingerprint density at radius 2 is 2.05 bits per heavy atom. The van der Waals surface area contributed by atoms with Gasteiger partial charge in [-0.25, -0.2) is 4.68 Å². The van der Waals surface area contributed by atoms with Crippen molar-refractivity contribution in [2.24, 2.45) is 0 Å². The molecular weight excluding hydrogens is 236 g/mol. The molecule has 4 heteroatoms. The van der Waals surface area contributed by atoms with Crippen molar-refractivity contribution >= 4 is 0 Å². The minimum atomic E-state index is 0.402. The molecule has 4 nitrogen and oxygen atoms in total. The van der Waals surface area contributed by atoms with Crippen LogP contribution < -0.4 is 0 Å². The minimum absolute atomic E-state index is 0.402. The summed E-state index contributed by atoms with van der Waals surface area (Å²) in [5.74, 6) is 0. The fourth-order valence-corrected chi connectivity index (χ4v) is 2.03. The number of aromatic nitrogens is 3. The number of nitrogens with zero attached hydrogens (tertiary/aromatic N) is 4. The van der Waals surface area contributed by atoms with E-state index in [1.165, 1.54) is 11.1 Å². The second-order valence-corrected chi connectivity index (χ2v) is 4.77. The van der Waals surface area contributed by atoms with E-state index < -0.39 is 0 Å². The highest BCUT2D eigenvalue weighted by Gasteiger charge is 2.14. The van der Waals surface area contributed by atoms with Gasteiger partial charge in [0, 0.05) is 12.1 Å². The third kappa shape index (κ3) is 2.65. The van der Waals surface area contributed by atoms with Crippen molar-refractivity contribution < 1.29 is 0 Å². The second-order valence-electron chi connectivity index (χ2n) is 4.77. The molecule has 1 aromatic carbocycles. The van der Waals surface area contributed by atoms with Crippen LogP contribution in [0.1, 0.15) is 36.6 Å². The van der Waals surface area contributed by atoms with Crippen LogP contribution in [0.2, 0.25) is 0 Å². The Morgan fingerprint density at radius 1 is 1.26 bits per heavy atom. The van der Waals surface area contributed by atoms with Crippen molar-refractivity contribution in [3.8, 4) is 17.3 Å². The summed E-state index contributed by atoms with van der Waals surface area (Å²) in [7, 11) is 0. The van der Waals surface area contributed by atoms with Crippen molar-refractivity contribution in [3.05, 3.63) is 35.0 Å². The van der Waals surface area contributed by atoms with Gasteiger partial charge in [-0.3, -0.25) is 0 Å². The Kier molecular flexibility index (Phi) is 3.96. The zero-order chi connectivity index (χ0) is 13.8. The van der Waals surface area contributed by atoms with Crippen molar-refractivity contribution in [1.29, 1.82) is 5.26 Å². The fourth-order valence-electron chi connectivity index (χ4n) is 2.03. The third-order valence-corrected chi connectivity index (χ3v) is 3.34. The molecule has 0 amide bonds. The zero-order valence-corrected chi connectivity index (χ0v) is 11.6. The summed E-state index contributed by atoms with van der Waals surface area (Å²) in [5.41, 5.74) is 4.71. The molecule has 0 unspecified atom stereocenters. The fraction of sp³-hybridized carbons (Fsp3) is 0.400. The van der Waals surface area contributed by atoms with Crippen molar-refractivity contribution in [1.82, 2.24) is 15.0 Å². The predicted molar refractivity (Wildman–Crippen MR) is 74.6 cm³/mol. The van der Waals surface area contributed by atoms with E-state index in [0.29, 0.717) is 5.69 Å². The van der Waals surface area contributed by atoms with E-state index in [2.05, 4.69) is 49.3 Å². The van der Waals surface area contributed by atoms with E-state index in [1.807, 2.05) is 10.7 Å². The smallest absolute Gasteiger partial charge is 0.190 e. The van der Waals surface area contributed by atoms with Crippen LogP contribution in [-0.4, -0.2) is 15.0 Å². The van der Waals surface area contributed by atoms with Gasteiger partial charge < -0.3 is 0 Å². The zero-order valence-electron chi connectivity index (χ0n) is 11.6. The van der Waals surface area contributed by atoms with Gasteiger partial charge in [-0.2, -0.15) is 5.26 Å². The molecule has 0 aliphatic heterocycles. The van der Waals surface area contributed by atoms with Crippen LogP contribution in [0.25, 0.3) is 11.3 Å². The summed E-state index contributed by atoms with van der Waals surface area (Å²) >= 11 is 0. The number of hydrogen-bond acceptors (Lipinski definition) is 3. The van der Waals surface area contributed by atoms with E-state index in [-0.39, 0.29) is 0 Å². The Bertz CT molecular complexity index is 620. The van der Waals surface area contributed by atoms with Crippen LogP contribution in [0.5, 0.6) is 0 Å². The first kappa shape index (κ1) is 13.3. The number of benzene rings is 1. The van der Waals surface area contributed by atoms with Crippen molar-refractivity contribution in [2.45, 2.75) is 40.2 Å². The quantitative estimate of drug-likeness (QED) is 0.841. The van der Waals surface area contributed by atoms with E-state index in [1.54, 1.807) is 0 Å². The largest absolute Gasteiger partial charge is 0.243 e. The van der Waals surface area contributed by atoms with Gasteiger partial charge in [0.2, 0.25) is 0 Å². The molecule has 2 aromatic rings. The molecule has 0 aliphatic rings. The highest BCUT2D eigenvalue weighted by atomic mass is 15.4. The highest BCUT2D eigenvalue weighted by molar-refractivity contribution is 5.66. The SMILES string of the molecule is CCCCn1nnc(C#N)c1-c1ccc(C)c(C)c1. The van der Waals surface area contributed by atoms with Gasteiger partial charge in [-0.05, 0) is 37.5 Å².